The van der Waals surface area contributed by atoms with E-state index in [1.54, 1.807) is 6.92 Å². The van der Waals surface area contributed by atoms with E-state index in [9.17, 15) is 13.2 Å². The number of primary amides is 1. The minimum absolute atomic E-state index is 0.338. The van der Waals surface area contributed by atoms with E-state index in [4.69, 9.17) is 16.2 Å². The first-order valence-electron chi connectivity index (χ1n) is 4.72. The second-order valence-electron chi connectivity index (χ2n) is 3.74. The van der Waals surface area contributed by atoms with Crippen molar-refractivity contribution in [2.75, 3.05) is 12.4 Å². The van der Waals surface area contributed by atoms with Crippen LogP contribution >= 0.6 is 0 Å². The van der Waals surface area contributed by atoms with Crippen LogP contribution in [-0.4, -0.2) is 44.1 Å². The van der Waals surface area contributed by atoms with Gasteiger partial charge in [-0.25, -0.2) is 8.42 Å². The number of amides is 1. The summed E-state index contributed by atoms with van der Waals surface area (Å²) < 4.78 is 28.7. The van der Waals surface area contributed by atoms with Crippen molar-refractivity contribution in [3.63, 3.8) is 0 Å². The molecule has 0 aromatic carbocycles. The Bertz CT molecular complexity index is 341. The van der Waals surface area contributed by atoms with Crippen LogP contribution in [-0.2, 0) is 19.4 Å². The average molecular weight is 236 g/mol. The molecule has 0 aromatic rings. The quantitative estimate of drug-likeness (QED) is 0.610. The molecule has 0 spiro atoms. The van der Waals surface area contributed by atoms with Gasteiger partial charge in [0.25, 0.3) is 0 Å². The highest BCUT2D eigenvalue weighted by Crippen LogP contribution is 2.21. The second kappa shape index (κ2) is 4.46. The topological polar surface area (TPSA) is 112 Å². The summed E-state index contributed by atoms with van der Waals surface area (Å²) in [6.07, 6.45) is 0.115. The van der Waals surface area contributed by atoms with Gasteiger partial charge in [-0.05, 0) is 13.3 Å². The Kier molecular flexibility index (Phi) is 3.69. The van der Waals surface area contributed by atoms with E-state index in [1.807, 2.05) is 0 Å². The van der Waals surface area contributed by atoms with Gasteiger partial charge in [0.2, 0.25) is 5.91 Å². The number of hydrogen-bond acceptors (Lipinski definition) is 5. The third kappa shape index (κ3) is 2.90. The first-order valence-corrected chi connectivity index (χ1v) is 6.44. The van der Waals surface area contributed by atoms with Gasteiger partial charge in [-0.1, -0.05) is 0 Å². The number of sulfone groups is 1. The Morgan fingerprint density at radius 1 is 1.60 bits per heavy atom. The van der Waals surface area contributed by atoms with Gasteiger partial charge in [-0.3, -0.25) is 4.79 Å². The zero-order valence-electron chi connectivity index (χ0n) is 8.55. The van der Waals surface area contributed by atoms with E-state index in [-0.39, 0.29) is 6.10 Å². The summed E-state index contributed by atoms with van der Waals surface area (Å²) in [7, 11) is -3.40. The number of hydrogen-bond donors (Lipinski definition) is 2. The summed E-state index contributed by atoms with van der Waals surface area (Å²) in [4.78, 5) is 10.7. The molecule has 1 fully saturated rings. The number of carbonyl (C=O) groups is 1. The minimum Gasteiger partial charge on any atom is -0.377 e. The van der Waals surface area contributed by atoms with E-state index in [2.05, 4.69) is 0 Å². The molecule has 3 unspecified atom stereocenters. The van der Waals surface area contributed by atoms with Crippen molar-refractivity contribution in [1.29, 1.82) is 0 Å². The fourth-order valence-electron chi connectivity index (χ4n) is 1.64. The highest BCUT2D eigenvalue weighted by Gasteiger charge is 2.37. The molecule has 88 valence electrons. The predicted octanol–water partition coefficient (Wildman–Crippen LogP) is -1.61. The van der Waals surface area contributed by atoms with Gasteiger partial charge in [-0.2, -0.15) is 0 Å². The van der Waals surface area contributed by atoms with Crippen LogP contribution in [0.15, 0.2) is 0 Å². The summed E-state index contributed by atoms with van der Waals surface area (Å²) in [6.45, 7) is 2.13. The first-order chi connectivity index (χ1) is 6.84. The molecule has 15 heavy (non-hydrogen) atoms. The lowest BCUT2D eigenvalue weighted by molar-refractivity contribution is -0.118. The van der Waals surface area contributed by atoms with Gasteiger partial charge >= 0.3 is 0 Å². The number of carbonyl (C=O) groups excluding carboxylic acids is 1. The average Bonchev–Trinajstić information content (AvgIpc) is 2.50. The fraction of sp³-hybridized carbons (Fsp3) is 0.875. The Morgan fingerprint density at radius 2 is 2.20 bits per heavy atom. The molecule has 1 heterocycles. The van der Waals surface area contributed by atoms with Crippen molar-refractivity contribution in [3.8, 4) is 0 Å². The molecule has 0 aliphatic carbocycles. The minimum atomic E-state index is -3.40. The molecule has 0 saturated carbocycles. The van der Waals surface area contributed by atoms with Crippen LogP contribution in [0.4, 0.5) is 0 Å². The van der Waals surface area contributed by atoms with Gasteiger partial charge in [0, 0.05) is 6.61 Å². The van der Waals surface area contributed by atoms with Crippen LogP contribution in [0.1, 0.15) is 13.3 Å². The molecule has 4 N–H and O–H groups in total. The fourth-order valence-corrected chi connectivity index (χ4v) is 3.67. The number of rotatable bonds is 4. The van der Waals surface area contributed by atoms with E-state index in [1.165, 1.54) is 0 Å². The van der Waals surface area contributed by atoms with Crippen LogP contribution in [0.3, 0.4) is 0 Å². The van der Waals surface area contributed by atoms with Gasteiger partial charge in [0.15, 0.2) is 9.84 Å². The lowest BCUT2D eigenvalue weighted by Crippen LogP contribution is -2.45. The summed E-state index contributed by atoms with van der Waals surface area (Å²) in [5.74, 6) is -1.20. The third-order valence-corrected chi connectivity index (χ3v) is 4.91. The summed E-state index contributed by atoms with van der Waals surface area (Å²) >= 11 is 0. The Labute approximate surface area is 88.9 Å². The van der Waals surface area contributed by atoms with E-state index in [0.29, 0.717) is 13.0 Å². The lowest BCUT2D eigenvalue weighted by Gasteiger charge is -2.16. The molecule has 1 aliphatic rings. The van der Waals surface area contributed by atoms with E-state index < -0.39 is 32.8 Å². The molecular weight excluding hydrogens is 220 g/mol. The molecule has 1 rings (SSSR count). The van der Waals surface area contributed by atoms with Crippen LogP contribution < -0.4 is 11.5 Å². The van der Waals surface area contributed by atoms with Crippen molar-refractivity contribution in [1.82, 2.24) is 0 Å². The van der Waals surface area contributed by atoms with Crippen molar-refractivity contribution < 1.29 is 17.9 Å². The smallest absolute Gasteiger partial charge is 0.235 e. The van der Waals surface area contributed by atoms with E-state index >= 15 is 0 Å². The molecule has 1 saturated heterocycles. The van der Waals surface area contributed by atoms with Gasteiger partial charge in [0.05, 0.1) is 23.1 Å². The van der Waals surface area contributed by atoms with Crippen molar-refractivity contribution in [2.45, 2.75) is 30.7 Å². The molecule has 1 amide bonds. The molecule has 1 aliphatic heterocycles. The molecule has 3 atom stereocenters. The van der Waals surface area contributed by atoms with Gasteiger partial charge in [-0.15, -0.1) is 0 Å². The van der Waals surface area contributed by atoms with Crippen LogP contribution in [0.2, 0.25) is 0 Å². The summed E-state index contributed by atoms with van der Waals surface area (Å²) in [6, 6.07) is -1.14. The van der Waals surface area contributed by atoms with Crippen LogP contribution in [0.25, 0.3) is 0 Å². The molecular formula is C8H16N2O4S. The van der Waals surface area contributed by atoms with Crippen molar-refractivity contribution >= 4 is 15.7 Å². The maximum absolute atomic E-state index is 11.8. The highest BCUT2D eigenvalue weighted by atomic mass is 32.2. The summed E-state index contributed by atoms with van der Waals surface area (Å²) in [5, 5.41) is -0.567. The van der Waals surface area contributed by atoms with Crippen molar-refractivity contribution in [2.24, 2.45) is 11.5 Å². The Balaban J connectivity index is 2.71. The second-order valence-corrected chi connectivity index (χ2v) is 6.01. The van der Waals surface area contributed by atoms with Gasteiger partial charge < -0.3 is 16.2 Å². The molecule has 7 heteroatoms. The first kappa shape index (κ1) is 12.4. The molecule has 0 radical (unpaired) electrons. The lowest BCUT2D eigenvalue weighted by atomic mass is 10.3. The molecule has 0 aromatic heterocycles. The molecule has 6 nitrogen and oxygen atoms in total. The normalized spacial score (nSPS) is 28.9. The Hall–Kier alpha value is -0.660. The monoisotopic (exact) mass is 236 g/mol. The van der Waals surface area contributed by atoms with E-state index in [0.717, 1.165) is 0 Å². The maximum Gasteiger partial charge on any atom is 0.235 e. The highest BCUT2D eigenvalue weighted by molar-refractivity contribution is 7.92. The van der Waals surface area contributed by atoms with Crippen LogP contribution in [0.5, 0.6) is 0 Å². The number of nitrogens with two attached hydrogens (primary N) is 2. The third-order valence-electron chi connectivity index (χ3n) is 2.55. The zero-order chi connectivity index (χ0) is 11.6. The van der Waals surface area contributed by atoms with Crippen molar-refractivity contribution in [3.05, 3.63) is 0 Å². The Morgan fingerprint density at radius 3 is 2.60 bits per heavy atom. The standard InChI is InChI=1S/C8H16N2O4S/c1-5-7(2-3-14-5)15(12,13)4-6(9)8(10)11/h5-7H,2-4,9H2,1H3,(H2,10,11). The largest absolute Gasteiger partial charge is 0.377 e. The summed E-state index contributed by atoms with van der Waals surface area (Å²) in [5.41, 5.74) is 10.2. The maximum atomic E-state index is 11.8. The number of ether oxygens (including phenoxy) is 1. The zero-order valence-corrected chi connectivity index (χ0v) is 9.37. The SMILES string of the molecule is CC1OCCC1S(=O)(=O)CC(N)C(N)=O. The van der Waals surface area contributed by atoms with Gasteiger partial charge in [0.1, 0.15) is 0 Å². The predicted molar refractivity (Wildman–Crippen MR) is 54.8 cm³/mol. The molecule has 0 bridgehead atoms. The van der Waals surface area contributed by atoms with Crippen LogP contribution in [0, 0.1) is 0 Å².